The predicted octanol–water partition coefficient (Wildman–Crippen LogP) is 11.6. The standard InChI is InChI=1S/C24H51P.C7H8BrN/c1-4-7-10-13-16-19-22-25(23-20-17-14-11-8-5-2)24-21-18-15-12-9-6-3;8-9-6-7-4-2-1-3-5-7/h4-24H2,1-3H3;1-5,9H,6H2. The van der Waals surface area contributed by atoms with Gasteiger partial charge in [0.2, 0.25) is 0 Å². The van der Waals surface area contributed by atoms with E-state index in [2.05, 4.69) is 53.4 Å². The summed E-state index contributed by atoms with van der Waals surface area (Å²) in [5.74, 6) is 0. The number of hydrogen-bond donors (Lipinski definition) is 1. The Bertz CT molecular complexity index is 444. The second-order valence-corrected chi connectivity index (χ2v) is 13.2. The fraction of sp³-hybridized carbons (Fsp3) is 0.806. The molecule has 3 heteroatoms. The predicted molar refractivity (Wildman–Crippen MR) is 164 cm³/mol. The molecule has 0 unspecified atom stereocenters. The fourth-order valence-corrected chi connectivity index (χ4v) is 7.36. The minimum absolute atomic E-state index is 0.366. The summed E-state index contributed by atoms with van der Waals surface area (Å²) in [4.78, 5) is 0. The molecular formula is C31H59BrNP. The summed E-state index contributed by atoms with van der Waals surface area (Å²) < 4.78 is 2.90. The maximum Gasteiger partial charge on any atom is 0.0312 e. The molecule has 1 aromatic carbocycles. The maximum atomic E-state index is 3.14. The molecule has 0 heterocycles. The van der Waals surface area contributed by atoms with E-state index >= 15 is 0 Å². The maximum absolute atomic E-state index is 3.14. The van der Waals surface area contributed by atoms with Crippen LogP contribution in [0.1, 0.15) is 142 Å². The van der Waals surface area contributed by atoms with Crippen molar-refractivity contribution in [1.29, 1.82) is 0 Å². The molecule has 0 aliphatic heterocycles. The molecule has 0 radical (unpaired) electrons. The van der Waals surface area contributed by atoms with Crippen molar-refractivity contribution in [2.75, 3.05) is 18.5 Å². The molecule has 0 spiro atoms. The Labute approximate surface area is 225 Å². The monoisotopic (exact) mass is 555 g/mol. The van der Waals surface area contributed by atoms with Crippen molar-refractivity contribution in [3.8, 4) is 0 Å². The van der Waals surface area contributed by atoms with Gasteiger partial charge in [-0.1, -0.05) is 147 Å². The number of hydrogen-bond acceptors (Lipinski definition) is 1. The molecule has 0 bridgehead atoms. The largest absolute Gasteiger partial charge is 0.251 e. The van der Waals surface area contributed by atoms with Crippen LogP contribution in [0.2, 0.25) is 0 Å². The van der Waals surface area contributed by atoms with E-state index < -0.39 is 0 Å². The van der Waals surface area contributed by atoms with Crippen LogP contribution in [0.4, 0.5) is 0 Å². The molecule has 1 rings (SSSR count). The lowest BCUT2D eigenvalue weighted by Gasteiger charge is -2.18. The van der Waals surface area contributed by atoms with Gasteiger partial charge in [0.05, 0.1) is 0 Å². The van der Waals surface area contributed by atoms with Gasteiger partial charge in [-0.15, -0.1) is 7.92 Å². The first kappa shape index (κ1) is 34.1. The Morgan fingerprint density at radius 1 is 0.529 bits per heavy atom. The van der Waals surface area contributed by atoms with Crippen LogP contribution in [0.3, 0.4) is 0 Å². The number of unbranched alkanes of at least 4 members (excludes halogenated alkanes) is 15. The molecule has 0 amide bonds. The Kier molecular flexibility index (Phi) is 29.4. The van der Waals surface area contributed by atoms with Gasteiger partial charge in [0.15, 0.2) is 0 Å². The quantitative estimate of drug-likeness (QED) is 0.0803. The van der Waals surface area contributed by atoms with E-state index in [1.54, 1.807) is 18.5 Å². The lowest BCUT2D eigenvalue weighted by molar-refractivity contribution is 0.617. The van der Waals surface area contributed by atoms with E-state index in [1.165, 1.54) is 121 Å². The summed E-state index contributed by atoms with van der Waals surface area (Å²) in [6, 6.07) is 10.2. The van der Waals surface area contributed by atoms with Crippen molar-refractivity contribution in [2.24, 2.45) is 0 Å². The van der Waals surface area contributed by atoms with Crippen LogP contribution in [0.5, 0.6) is 0 Å². The van der Waals surface area contributed by atoms with E-state index in [-0.39, 0.29) is 0 Å². The van der Waals surface area contributed by atoms with Gasteiger partial charge in [-0.05, 0) is 43.3 Å². The normalized spacial score (nSPS) is 11.0. The van der Waals surface area contributed by atoms with Crippen molar-refractivity contribution >= 4 is 24.1 Å². The molecule has 34 heavy (non-hydrogen) atoms. The highest BCUT2D eigenvalue weighted by molar-refractivity contribution is 9.08. The van der Waals surface area contributed by atoms with Gasteiger partial charge in [-0.2, -0.15) is 0 Å². The summed E-state index contributed by atoms with van der Waals surface area (Å²) in [6.07, 6.45) is 31.2. The highest BCUT2D eigenvalue weighted by Gasteiger charge is 2.07. The minimum Gasteiger partial charge on any atom is -0.251 e. The third-order valence-corrected chi connectivity index (χ3v) is 9.72. The topological polar surface area (TPSA) is 12.0 Å². The molecular weight excluding hydrogens is 497 g/mol. The number of halogens is 1. The SMILES string of the molecule is BrNCc1ccccc1.CCCCCCCCP(CCCCCCCC)CCCCCCCC. The third-order valence-electron chi connectivity index (χ3n) is 6.60. The summed E-state index contributed by atoms with van der Waals surface area (Å²) in [6.45, 7) is 7.83. The van der Waals surface area contributed by atoms with Crippen LogP contribution in [0.15, 0.2) is 30.3 Å². The second-order valence-electron chi connectivity index (χ2n) is 9.94. The average Bonchev–Trinajstić information content (AvgIpc) is 2.86. The lowest BCUT2D eigenvalue weighted by Crippen LogP contribution is -1.97. The van der Waals surface area contributed by atoms with Crippen LogP contribution in [-0.2, 0) is 6.54 Å². The number of rotatable bonds is 23. The van der Waals surface area contributed by atoms with Crippen molar-refractivity contribution in [1.82, 2.24) is 4.34 Å². The summed E-state index contributed by atoms with van der Waals surface area (Å²) in [5, 5.41) is 0. The minimum atomic E-state index is 0.366. The Hall–Kier alpha value is 0.0900. The van der Waals surface area contributed by atoms with Crippen molar-refractivity contribution in [2.45, 2.75) is 143 Å². The fourth-order valence-electron chi connectivity index (χ4n) is 4.36. The molecule has 1 aromatic rings. The van der Waals surface area contributed by atoms with Crippen LogP contribution < -0.4 is 4.34 Å². The summed E-state index contributed by atoms with van der Waals surface area (Å²) in [7, 11) is 0.366. The van der Waals surface area contributed by atoms with Crippen molar-refractivity contribution in [3.63, 3.8) is 0 Å². The zero-order valence-electron chi connectivity index (χ0n) is 23.3. The zero-order chi connectivity index (χ0) is 25.0. The Balaban J connectivity index is 0.000000999. The van der Waals surface area contributed by atoms with E-state index in [0.717, 1.165) is 6.54 Å². The smallest absolute Gasteiger partial charge is 0.0312 e. The number of nitrogens with one attached hydrogen (secondary N) is 1. The first-order valence-corrected chi connectivity index (χ1v) is 17.6. The highest BCUT2D eigenvalue weighted by atomic mass is 79.9. The molecule has 200 valence electrons. The van der Waals surface area contributed by atoms with E-state index in [1.807, 2.05) is 18.2 Å². The second kappa shape index (κ2) is 29.3. The molecule has 1 nitrogen and oxygen atoms in total. The highest BCUT2D eigenvalue weighted by Crippen LogP contribution is 2.39. The number of benzene rings is 1. The Morgan fingerprint density at radius 2 is 0.882 bits per heavy atom. The van der Waals surface area contributed by atoms with E-state index in [9.17, 15) is 0 Å². The van der Waals surface area contributed by atoms with E-state index in [0.29, 0.717) is 7.92 Å². The summed E-state index contributed by atoms with van der Waals surface area (Å²) >= 11 is 3.14. The van der Waals surface area contributed by atoms with Gasteiger partial charge >= 0.3 is 0 Å². The van der Waals surface area contributed by atoms with E-state index in [4.69, 9.17) is 0 Å². The van der Waals surface area contributed by atoms with Crippen LogP contribution in [0.25, 0.3) is 0 Å². The first-order chi connectivity index (χ1) is 16.8. The molecule has 0 aromatic heterocycles. The van der Waals surface area contributed by atoms with Gasteiger partial charge in [0, 0.05) is 22.7 Å². The third kappa shape index (κ3) is 25.2. The Morgan fingerprint density at radius 3 is 1.24 bits per heavy atom. The van der Waals surface area contributed by atoms with Gasteiger partial charge in [-0.25, -0.2) is 0 Å². The van der Waals surface area contributed by atoms with Crippen LogP contribution >= 0.6 is 24.1 Å². The molecule has 1 N–H and O–H groups in total. The molecule has 0 aliphatic rings. The molecule has 0 saturated carbocycles. The first-order valence-electron chi connectivity index (χ1n) is 14.9. The van der Waals surface area contributed by atoms with Gasteiger partial charge < -0.3 is 0 Å². The van der Waals surface area contributed by atoms with Gasteiger partial charge in [0.25, 0.3) is 0 Å². The van der Waals surface area contributed by atoms with Crippen LogP contribution in [0, 0.1) is 0 Å². The molecule has 0 fully saturated rings. The van der Waals surface area contributed by atoms with Crippen molar-refractivity contribution in [3.05, 3.63) is 35.9 Å². The molecule has 0 atom stereocenters. The zero-order valence-corrected chi connectivity index (χ0v) is 25.7. The lowest BCUT2D eigenvalue weighted by atomic mass is 10.1. The molecule has 0 aliphatic carbocycles. The van der Waals surface area contributed by atoms with Crippen molar-refractivity contribution < 1.29 is 0 Å². The van der Waals surface area contributed by atoms with Gasteiger partial charge in [-0.3, -0.25) is 4.34 Å². The summed E-state index contributed by atoms with van der Waals surface area (Å²) in [5.41, 5.74) is 1.29. The van der Waals surface area contributed by atoms with Crippen LogP contribution in [-0.4, -0.2) is 18.5 Å². The average molecular weight is 557 g/mol. The van der Waals surface area contributed by atoms with Gasteiger partial charge in [0.1, 0.15) is 0 Å². The molecule has 0 saturated heterocycles.